The number of amides is 1. The molecule has 2 aromatic rings. The average Bonchev–Trinajstić information content (AvgIpc) is 2.69. The van der Waals surface area contributed by atoms with Crippen molar-refractivity contribution >= 4 is 17.3 Å². The van der Waals surface area contributed by atoms with Crippen LogP contribution in [0.3, 0.4) is 0 Å². The SMILES string of the molecule is CCCCc1ccc(NC(=O)CN2CCN(c3ccc(F)cc3)CC2)cc1. The van der Waals surface area contributed by atoms with Gasteiger partial charge >= 0.3 is 0 Å². The maximum absolute atomic E-state index is 13.0. The van der Waals surface area contributed by atoms with Crippen LogP contribution < -0.4 is 10.2 Å². The summed E-state index contributed by atoms with van der Waals surface area (Å²) in [5.74, 6) is -0.195. The van der Waals surface area contributed by atoms with Gasteiger partial charge in [0.1, 0.15) is 5.82 Å². The number of carbonyl (C=O) groups excluding carboxylic acids is 1. The summed E-state index contributed by atoms with van der Waals surface area (Å²) in [6.07, 6.45) is 3.46. The first-order chi connectivity index (χ1) is 13.1. The summed E-state index contributed by atoms with van der Waals surface area (Å²) in [6, 6.07) is 14.7. The molecule has 0 aliphatic carbocycles. The van der Waals surface area contributed by atoms with Gasteiger partial charge in [0.2, 0.25) is 5.91 Å². The van der Waals surface area contributed by atoms with Gasteiger partial charge in [-0.15, -0.1) is 0 Å². The Morgan fingerprint density at radius 3 is 2.30 bits per heavy atom. The number of rotatable bonds is 7. The standard InChI is InChI=1S/C22H28FN3O/c1-2-3-4-18-5-9-20(10-6-18)24-22(27)17-25-13-15-26(16-14-25)21-11-7-19(23)8-12-21/h5-12H,2-4,13-17H2,1H3,(H,24,27). The third-order valence-electron chi connectivity index (χ3n) is 4.99. The number of unbranched alkanes of at least 4 members (excludes halogenated alkanes) is 1. The Balaban J connectivity index is 1.43. The van der Waals surface area contributed by atoms with Crippen molar-refractivity contribution in [1.82, 2.24) is 4.90 Å². The lowest BCUT2D eigenvalue weighted by atomic mass is 10.1. The van der Waals surface area contributed by atoms with Gasteiger partial charge in [0.05, 0.1) is 6.54 Å². The Morgan fingerprint density at radius 1 is 1.00 bits per heavy atom. The van der Waals surface area contributed by atoms with E-state index in [-0.39, 0.29) is 11.7 Å². The van der Waals surface area contributed by atoms with Gasteiger partial charge < -0.3 is 10.2 Å². The van der Waals surface area contributed by atoms with Gasteiger partial charge in [0.15, 0.2) is 0 Å². The number of anilines is 2. The van der Waals surface area contributed by atoms with Crippen LogP contribution in [0, 0.1) is 5.82 Å². The highest BCUT2D eigenvalue weighted by Gasteiger charge is 2.19. The molecule has 1 saturated heterocycles. The molecule has 0 saturated carbocycles. The van der Waals surface area contributed by atoms with Crippen LogP contribution in [0.4, 0.5) is 15.8 Å². The van der Waals surface area contributed by atoms with Gasteiger partial charge in [-0.3, -0.25) is 9.69 Å². The molecule has 0 spiro atoms. The molecule has 1 heterocycles. The summed E-state index contributed by atoms with van der Waals surface area (Å²) >= 11 is 0. The lowest BCUT2D eigenvalue weighted by Crippen LogP contribution is -2.48. The fourth-order valence-corrected chi connectivity index (χ4v) is 3.36. The van der Waals surface area contributed by atoms with Crippen molar-refractivity contribution in [1.29, 1.82) is 0 Å². The lowest BCUT2D eigenvalue weighted by Gasteiger charge is -2.35. The molecule has 5 heteroatoms. The van der Waals surface area contributed by atoms with Crippen LogP contribution in [0.15, 0.2) is 48.5 Å². The summed E-state index contributed by atoms with van der Waals surface area (Å²) in [4.78, 5) is 16.7. The van der Waals surface area contributed by atoms with E-state index in [1.165, 1.54) is 30.5 Å². The van der Waals surface area contributed by atoms with E-state index in [4.69, 9.17) is 0 Å². The van der Waals surface area contributed by atoms with Gasteiger partial charge in [-0.1, -0.05) is 25.5 Å². The van der Waals surface area contributed by atoms with Crippen molar-refractivity contribution in [3.05, 3.63) is 59.9 Å². The number of carbonyl (C=O) groups is 1. The van der Waals surface area contributed by atoms with E-state index >= 15 is 0 Å². The van der Waals surface area contributed by atoms with Crippen molar-refractivity contribution < 1.29 is 9.18 Å². The van der Waals surface area contributed by atoms with Crippen LogP contribution in [0.25, 0.3) is 0 Å². The number of halogens is 1. The smallest absolute Gasteiger partial charge is 0.238 e. The third-order valence-corrected chi connectivity index (χ3v) is 4.99. The van der Waals surface area contributed by atoms with Crippen LogP contribution in [0.5, 0.6) is 0 Å². The monoisotopic (exact) mass is 369 g/mol. The Morgan fingerprint density at radius 2 is 1.67 bits per heavy atom. The number of nitrogens with zero attached hydrogens (tertiary/aromatic N) is 2. The summed E-state index contributed by atoms with van der Waals surface area (Å²) in [6.45, 7) is 5.90. The van der Waals surface area contributed by atoms with Crippen molar-refractivity contribution in [2.45, 2.75) is 26.2 Å². The number of aryl methyl sites for hydroxylation is 1. The first-order valence-corrected chi connectivity index (χ1v) is 9.75. The lowest BCUT2D eigenvalue weighted by molar-refractivity contribution is -0.117. The fourth-order valence-electron chi connectivity index (χ4n) is 3.36. The maximum Gasteiger partial charge on any atom is 0.238 e. The number of nitrogens with one attached hydrogen (secondary N) is 1. The Kier molecular flexibility index (Phi) is 6.82. The van der Waals surface area contributed by atoms with Crippen molar-refractivity contribution in [3.63, 3.8) is 0 Å². The van der Waals surface area contributed by atoms with Crippen molar-refractivity contribution in [2.24, 2.45) is 0 Å². The molecule has 3 rings (SSSR count). The van der Waals surface area contributed by atoms with Crippen LogP contribution in [-0.4, -0.2) is 43.5 Å². The minimum atomic E-state index is -0.215. The Bertz CT molecular complexity index is 722. The molecular formula is C22H28FN3O. The number of hydrogen-bond acceptors (Lipinski definition) is 3. The van der Waals surface area contributed by atoms with Crippen LogP contribution in [0.2, 0.25) is 0 Å². The van der Waals surface area contributed by atoms with E-state index in [1.807, 2.05) is 24.3 Å². The summed E-state index contributed by atoms with van der Waals surface area (Å²) in [5, 5.41) is 2.99. The first-order valence-electron chi connectivity index (χ1n) is 9.75. The Labute approximate surface area is 161 Å². The molecule has 0 aromatic heterocycles. The van der Waals surface area contributed by atoms with E-state index in [0.717, 1.165) is 44.0 Å². The molecule has 144 valence electrons. The van der Waals surface area contributed by atoms with Crippen molar-refractivity contribution in [3.8, 4) is 0 Å². The van der Waals surface area contributed by atoms with Crippen LogP contribution >= 0.6 is 0 Å². The topological polar surface area (TPSA) is 35.6 Å². The van der Waals surface area contributed by atoms with E-state index in [2.05, 4.69) is 34.2 Å². The minimum absolute atomic E-state index is 0.0199. The van der Waals surface area contributed by atoms with Gasteiger partial charge in [-0.05, 0) is 54.8 Å². The predicted octanol–water partition coefficient (Wildman–Crippen LogP) is 3.93. The second-order valence-corrected chi connectivity index (χ2v) is 7.09. The summed E-state index contributed by atoms with van der Waals surface area (Å²) in [5.41, 5.74) is 3.20. The Hall–Kier alpha value is -2.40. The van der Waals surface area contributed by atoms with E-state index < -0.39 is 0 Å². The molecule has 27 heavy (non-hydrogen) atoms. The molecule has 1 aliphatic heterocycles. The minimum Gasteiger partial charge on any atom is -0.369 e. The van der Waals surface area contributed by atoms with E-state index in [1.54, 1.807) is 0 Å². The van der Waals surface area contributed by atoms with Gasteiger partial charge in [0, 0.05) is 37.6 Å². The molecular weight excluding hydrogens is 341 g/mol. The zero-order valence-electron chi connectivity index (χ0n) is 16.0. The predicted molar refractivity (Wildman–Crippen MR) is 109 cm³/mol. The molecule has 0 atom stereocenters. The first kappa shape index (κ1) is 19.4. The third kappa shape index (κ3) is 5.79. The summed E-state index contributed by atoms with van der Waals surface area (Å²) in [7, 11) is 0. The molecule has 1 N–H and O–H groups in total. The fraction of sp³-hybridized carbons (Fsp3) is 0.409. The summed E-state index contributed by atoms with van der Waals surface area (Å²) < 4.78 is 13.0. The molecule has 4 nitrogen and oxygen atoms in total. The number of piperazine rings is 1. The van der Waals surface area contributed by atoms with Crippen LogP contribution in [-0.2, 0) is 11.2 Å². The van der Waals surface area contributed by atoms with Crippen LogP contribution in [0.1, 0.15) is 25.3 Å². The zero-order valence-corrected chi connectivity index (χ0v) is 16.0. The van der Waals surface area contributed by atoms with Gasteiger partial charge in [0.25, 0.3) is 0 Å². The molecule has 0 unspecified atom stereocenters. The molecule has 1 aliphatic rings. The van der Waals surface area contributed by atoms with Crippen molar-refractivity contribution in [2.75, 3.05) is 42.9 Å². The number of hydrogen-bond donors (Lipinski definition) is 1. The quantitative estimate of drug-likeness (QED) is 0.803. The molecule has 0 bridgehead atoms. The zero-order chi connectivity index (χ0) is 19.1. The maximum atomic E-state index is 13.0. The normalized spacial score (nSPS) is 15.0. The van der Waals surface area contributed by atoms with E-state index in [9.17, 15) is 9.18 Å². The molecule has 0 radical (unpaired) electrons. The highest BCUT2D eigenvalue weighted by Crippen LogP contribution is 2.17. The molecule has 1 fully saturated rings. The molecule has 1 amide bonds. The molecule has 2 aromatic carbocycles. The van der Waals surface area contributed by atoms with E-state index in [0.29, 0.717) is 6.54 Å². The second-order valence-electron chi connectivity index (χ2n) is 7.09. The highest BCUT2D eigenvalue weighted by atomic mass is 19.1. The largest absolute Gasteiger partial charge is 0.369 e. The average molecular weight is 369 g/mol. The second kappa shape index (κ2) is 9.51. The van der Waals surface area contributed by atoms with Gasteiger partial charge in [-0.2, -0.15) is 0 Å². The number of benzene rings is 2. The van der Waals surface area contributed by atoms with Gasteiger partial charge in [-0.25, -0.2) is 4.39 Å². The highest BCUT2D eigenvalue weighted by molar-refractivity contribution is 5.92.